The van der Waals surface area contributed by atoms with Gasteiger partial charge >= 0.3 is 6.03 Å². The van der Waals surface area contributed by atoms with E-state index in [0.717, 1.165) is 22.6 Å². The highest BCUT2D eigenvalue weighted by molar-refractivity contribution is 6.18. The molecule has 0 aliphatic carbocycles. The van der Waals surface area contributed by atoms with Gasteiger partial charge in [-0.15, -0.1) is 6.58 Å². The van der Waals surface area contributed by atoms with Gasteiger partial charge in [0, 0.05) is 14.1 Å². The average Bonchev–Trinajstić information content (AvgIpc) is 2.61. The second-order valence-electron chi connectivity index (χ2n) is 6.82. The highest BCUT2D eigenvalue weighted by atomic mass is 16.2. The first kappa shape index (κ1) is 21.1. The molecule has 5 heteroatoms. The molecule has 1 rings (SSSR count). The first-order chi connectivity index (χ1) is 11.9. The molecule has 0 unspecified atom stereocenters. The number of hydrogen-bond acceptors (Lipinski definition) is 3. The van der Waals surface area contributed by atoms with Gasteiger partial charge in [0.05, 0.1) is 0 Å². The normalized spacial score (nSPS) is 17.6. The Balaban J connectivity index is 2.65. The predicted molar refractivity (Wildman–Crippen MR) is 99.9 cm³/mol. The summed E-state index contributed by atoms with van der Waals surface area (Å²) in [4.78, 5) is 39.3. The minimum Gasteiger partial charge on any atom is -0.273 e. The molecule has 0 bridgehead atoms. The lowest BCUT2D eigenvalue weighted by molar-refractivity contribution is -0.156. The van der Waals surface area contributed by atoms with Crippen LogP contribution >= 0.6 is 0 Å². The molecule has 140 valence electrons. The van der Waals surface area contributed by atoms with Crippen LogP contribution < -0.4 is 0 Å². The molecule has 0 N–H and O–H groups in total. The van der Waals surface area contributed by atoms with Crippen molar-refractivity contribution in [2.75, 3.05) is 14.1 Å². The van der Waals surface area contributed by atoms with E-state index in [-0.39, 0.29) is 6.42 Å². The Kier molecular flexibility index (Phi) is 8.59. The van der Waals surface area contributed by atoms with E-state index in [0.29, 0.717) is 6.42 Å². The molecule has 0 aromatic carbocycles. The molecule has 1 heterocycles. The number of unbranched alkanes of at least 4 members (excludes halogenated alkanes) is 6. The monoisotopic (exact) mass is 348 g/mol. The number of barbiturate groups is 1. The number of allylic oxidation sites excluding steroid dienone is 3. The number of hydrogen-bond donors (Lipinski definition) is 0. The Hall–Kier alpha value is -1.91. The molecule has 1 aliphatic rings. The highest BCUT2D eigenvalue weighted by Gasteiger charge is 2.53. The molecule has 5 nitrogen and oxygen atoms in total. The van der Waals surface area contributed by atoms with Crippen molar-refractivity contribution < 1.29 is 14.4 Å². The third-order valence-corrected chi connectivity index (χ3v) is 4.85. The number of urea groups is 1. The average molecular weight is 348 g/mol. The molecule has 25 heavy (non-hydrogen) atoms. The van der Waals surface area contributed by atoms with Gasteiger partial charge < -0.3 is 0 Å². The summed E-state index contributed by atoms with van der Waals surface area (Å²) in [6, 6.07) is -0.578. The number of imide groups is 2. The van der Waals surface area contributed by atoms with Crippen LogP contribution in [0.2, 0.25) is 0 Å². The first-order valence-electron chi connectivity index (χ1n) is 9.28. The Morgan fingerprint density at radius 3 is 2.00 bits per heavy atom. The quantitative estimate of drug-likeness (QED) is 0.318. The Bertz CT molecular complexity index is 501. The summed E-state index contributed by atoms with van der Waals surface area (Å²) < 4.78 is 0. The third kappa shape index (κ3) is 5.03. The van der Waals surface area contributed by atoms with Crippen molar-refractivity contribution in [3.8, 4) is 0 Å². The Morgan fingerprint density at radius 1 is 0.880 bits per heavy atom. The maximum Gasteiger partial charge on any atom is 0.332 e. The van der Waals surface area contributed by atoms with Crippen LogP contribution in [0, 0.1) is 5.41 Å². The summed E-state index contributed by atoms with van der Waals surface area (Å²) in [6.45, 7) is 5.89. The highest BCUT2D eigenvalue weighted by Crippen LogP contribution is 2.36. The molecular formula is C20H32N2O3. The molecule has 0 saturated carbocycles. The van der Waals surface area contributed by atoms with Gasteiger partial charge in [-0.1, -0.05) is 57.3 Å². The van der Waals surface area contributed by atoms with Crippen LogP contribution in [0.5, 0.6) is 0 Å². The number of carbonyl (C=O) groups excluding carboxylic acids is 3. The zero-order chi connectivity index (χ0) is 18.9. The van der Waals surface area contributed by atoms with Crippen molar-refractivity contribution in [3.63, 3.8) is 0 Å². The lowest BCUT2D eigenvalue weighted by atomic mass is 9.77. The number of amides is 4. The molecule has 1 fully saturated rings. The summed E-state index contributed by atoms with van der Waals surface area (Å²) in [6.07, 6.45) is 14.4. The van der Waals surface area contributed by atoms with E-state index in [1.165, 1.54) is 46.2 Å². The number of carbonyl (C=O) groups is 3. The minimum absolute atomic E-state index is 0.230. The fraction of sp³-hybridized carbons (Fsp3) is 0.650. The minimum atomic E-state index is -1.24. The van der Waals surface area contributed by atoms with Gasteiger partial charge in [-0.25, -0.2) is 4.79 Å². The van der Waals surface area contributed by atoms with Gasteiger partial charge in [0.15, 0.2) is 0 Å². The lowest BCUT2D eigenvalue weighted by Crippen LogP contribution is -2.62. The van der Waals surface area contributed by atoms with Gasteiger partial charge in [0.1, 0.15) is 5.41 Å². The molecule has 0 radical (unpaired) electrons. The molecule has 1 aliphatic heterocycles. The Morgan fingerprint density at radius 2 is 1.44 bits per heavy atom. The van der Waals surface area contributed by atoms with Gasteiger partial charge in [-0.3, -0.25) is 19.4 Å². The maximum absolute atomic E-state index is 12.6. The van der Waals surface area contributed by atoms with Gasteiger partial charge in [0.2, 0.25) is 11.8 Å². The largest absolute Gasteiger partial charge is 0.332 e. The van der Waals surface area contributed by atoms with E-state index in [1.54, 1.807) is 6.08 Å². The predicted octanol–water partition coefficient (Wildman–Crippen LogP) is 4.30. The molecule has 0 aromatic heterocycles. The van der Waals surface area contributed by atoms with Crippen LogP contribution in [0.1, 0.15) is 64.7 Å². The summed E-state index contributed by atoms with van der Waals surface area (Å²) >= 11 is 0. The van der Waals surface area contributed by atoms with E-state index in [9.17, 15) is 14.4 Å². The molecule has 1 saturated heterocycles. The molecule has 0 aromatic rings. The van der Waals surface area contributed by atoms with Gasteiger partial charge in [-0.2, -0.15) is 0 Å². The van der Waals surface area contributed by atoms with Crippen molar-refractivity contribution in [2.45, 2.75) is 64.7 Å². The van der Waals surface area contributed by atoms with E-state index < -0.39 is 23.3 Å². The van der Waals surface area contributed by atoms with Crippen LogP contribution in [0.15, 0.2) is 24.8 Å². The van der Waals surface area contributed by atoms with Crippen molar-refractivity contribution in [3.05, 3.63) is 24.8 Å². The SMILES string of the molecule is C=CCC1(C/C=C/CCCCCCCC)C(=O)N(C)C(=O)N(C)C1=O. The molecule has 0 spiro atoms. The van der Waals surface area contributed by atoms with Gasteiger partial charge in [-0.05, 0) is 25.7 Å². The van der Waals surface area contributed by atoms with Crippen molar-refractivity contribution in [2.24, 2.45) is 5.41 Å². The number of rotatable bonds is 11. The topological polar surface area (TPSA) is 57.7 Å². The summed E-state index contributed by atoms with van der Waals surface area (Å²) in [7, 11) is 2.84. The van der Waals surface area contributed by atoms with Crippen LogP contribution in [-0.4, -0.2) is 41.7 Å². The van der Waals surface area contributed by atoms with Crippen LogP contribution in [0.25, 0.3) is 0 Å². The zero-order valence-corrected chi connectivity index (χ0v) is 15.9. The standard InChI is InChI=1S/C20H32N2O3/c1-5-7-8-9-10-11-12-13-14-16-20(15-6-2)17(23)21(3)19(25)22(4)18(20)24/h6,13-14H,2,5,7-12,15-16H2,1,3-4H3/b14-13+. The van der Waals surface area contributed by atoms with Crippen molar-refractivity contribution in [1.29, 1.82) is 0 Å². The Labute approximate surface area is 151 Å². The van der Waals surface area contributed by atoms with Crippen molar-refractivity contribution in [1.82, 2.24) is 9.80 Å². The second kappa shape index (κ2) is 10.2. The van der Waals surface area contributed by atoms with Crippen LogP contribution in [0.3, 0.4) is 0 Å². The van der Waals surface area contributed by atoms with E-state index in [1.807, 2.05) is 12.2 Å². The smallest absolute Gasteiger partial charge is 0.273 e. The summed E-state index contributed by atoms with van der Waals surface area (Å²) in [5.41, 5.74) is -1.24. The fourth-order valence-electron chi connectivity index (χ4n) is 3.26. The molecular weight excluding hydrogens is 316 g/mol. The van der Waals surface area contributed by atoms with Crippen LogP contribution in [0.4, 0.5) is 4.79 Å². The van der Waals surface area contributed by atoms with Gasteiger partial charge in [0.25, 0.3) is 0 Å². The van der Waals surface area contributed by atoms with E-state index in [2.05, 4.69) is 13.5 Å². The van der Waals surface area contributed by atoms with E-state index >= 15 is 0 Å². The van der Waals surface area contributed by atoms with Crippen molar-refractivity contribution >= 4 is 17.8 Å². The maximum atomic E-state index is 12.6. The second-order valence-corrected chi connectivity index (χ2v) is 6.82. The fourth-order valence-corrected chi connectivity index (χ4v) is 3.26. The third-order valence-electron chi connectivity index (χ3n) is 4.85. The first-order valence-corrected chi connectivity index (χ1v) is 9.28. The molecule has 0 atom stereocenters. The summed E-state index contributed by atoms with van der Waals surface area (Å²) in [5, 5.41) is 0. The van der Waals surface area contributed by atoms with E-state index in [4.69, 9.17) is 0 Å². The molecule has 4 amide bonds. The number of nitrogens with zero attached hydrogens (tertiary/aromatic N) is 2. The summed E-state index contributed by atoms with van der Waals surface area (Å²) in [5.74, 6) is -0.880. The van der Waals surface area contributed by atoms with Crippen LogP contribution in [-0.2, 0) is 9.59 Å². The zero-order valence-electron chi connectivity index (χ0n) is 15.9. The lowest BCUT2D eigenvalue weighted by Gasteiger charge is -2.40.